The Morgan fingerprint density at radius 2 is 2.00 bits per heavy atom. The molecule has 1 amide bonds. The molecule has 1 N–H and O–H groups in total. The molecule has 1 atom stereocenters. The van der Waals surface area contributed by atoms with Crippen LogP contribution < -0.4 is 10.1 Å². The molecule has 7 nitrogen and oxygen atoms in total. The Hall–Kier alpha value is -2.74. The van der Waals surface area contributed by atoms with E-state index in [9.17, 15) is 4.79 Å². The van der Waals surface area contributed by atoms with Crippen molar-refractivity contribution in [3.8, 4) is 11.4 Å². The van der Waals surface area contributed by atoms with Crippen LogP contribution in [-0.2, 0) is 11.8 Å². The number of hydrogen-bond donors (Lipinski definition) is 1. The van der Waals surface area contributed by atoms with Crippen LogP contribution in [0.1, 0.15) is 27.8 Å². The first kappa shape index (κ1) is 17.7. The number of aryl methyl sites for hydroxylation is 2. The maximum Gasteiger partial charge on any atom is 0.235 e. The molecule has 0 bridgehead atoms. The summed E-state index contributed by atoms with van der Waals surface area (Å²) in [6, 6.07) is 7.60. The lowest BCUT2D eigenvalue weighted by Crippen LogP contribution is -2.15. The fraction of sp³-hybridized carbons (Fsp3) is 0.316. The molecule has 8 heteroatoms. The number of carbonyl (C=O) groups excluding carboxylic acids is 1. The van der Waals surface area contributed by atoms with Crippen molar-refractivity contribution in [3.05, 3.63) is 53.0 Å². The van der Waals surface area contributed by atoms with E-state index >= 15 is 0 Å². The highest BCUT2D eigenvalue weighted by Crippen LogP contribution is 2.44. The Morgan fingerprint density at radius 3 is 2.63 bits per heavy atom. The highest BCUT2D eigenvalue weighted by molar-refractivity contribution is 8.00. The van der Waals surface area contributed by atoms with E-state index in [1.54, 1.807) is 23.6 Å². The van der Waals surface area contributed by atoms with Crippen LogP contribution in [0, 0.1) is 13.8 Å². The van der Waals surface area contributed by atoms with Crippen LogP contribution in [0.3, 0.4) is 0 Å². The van der Waals surface area contributed by atoms with Crippen LogP contribution in [0.5, 0.6) is 5.75 Å². The third kappa shape index (κ3) is 2.99. The van der Waals surface area contributed by atoms with Crippen LogP contribution in [0.4, 0.5) is 5.82 Å². The molecule has 0 saturated heterocycles. The third-order valence-electron chi connectivity index (χ3n) is 4.86. The van der Waals surface area contributed by atoms with E-state index in [0.29, 0.717) is 11.6 Å². The number of nitrogens with zero attached hydrogens (tertiary/aromatic N) is 4. The maximum absolute atomic E-state index is 12.4. The van der Waals surface area contributed by atoms with Crippen molar-refractivity contribution < 1.29 is 9.53 Å². The highest BCUT2D eigenvalue weighted by atomic mass is 32.2. The zero-order chi connectivity index (χ0) is 19.1. The second-order valence-corrected chi connectivity index (χ2v) is 7.60. The van der Waals surface area contributed by atoms with Crippen molar-refractivity contribution in [3.63, 3.8) is 0 Å². The fourth-order valence-electron chi connectivity index (χ4n) is 3.42. The summed E-state index contributed by atoms with van der Waals surface area (Å²) in [5, 5.41) is 12.1. The maximum atomic E-state index is 12.4. The Morgan fingerprint density at radius 1 is 1.26 bits per heavy atom. The lowest BCUT2D eigenvalue weighted by Gasteiger charge is -2.15. The van der Waals surface area contributed by atoms with Gasteiger partial charge in [0.05, 0.1) is 35.7 Å². The van der Waals surface area contributed by atoms with Gasteiger partial charge in [-0.2, -0.15) is 10.2 Å². The number of thioether (sulfide) groups is 1. The van der Waals surface area contributed by atoms with Crippen molar-refractivity contribution in [2.45, 2.75) is 19.1 Å². The standard InChI is InChI=1S/C19H21N5O2S/c1-11-17(12(2)23(3)22-11)18-15-9-20-24(19(15)21-16(25)10-27-18)13-5-7-14(26-4)8-6-13/h5-9,18H,10H2,1-4H3,(H,21,25)/t18-/m0/s1. The van der Waals surface area contributed by atoms with Gasteiger partial charge >= 0.3 is 0 Å². The van der Waals surface area contributed by atoms with Crippen LogP contribution in [-0.4, -0.2) is 38.3 Å². The number of amides is 1. The molecular formula is C19H21N5O2S. The van der Waals surface area contributed by atoms with Gasteiger partial charge in [-0.15, -0.1) is 11.8 Å². The molecule has 0 saturated carbocycles. The second kappa shape index (κ2) is 6.77. The van der Waals surface area contributed by atoms with Gasteiger partial charge < -0.3 is 10.1 Å². The number of benzene rings is 1. The minimum absolute atomic E-state index is 0.000326. The van der Waals surface area contributed by atoms with Gasteiger partial charge in [0.15, 0.2) is 0 Å². The molecule has 0 spiro atoms. The van der Waals surface area contributed by atoms with E-state index in [1.807, 2.05) is 49.1 Å². The van der Waals surface area contributed by atoms with E-state index in [4.69, 9.17) is 4.74 Å². The normalized spacial score (nSPS) is 16.6. The first-order chi connectivity index (χ1) is 13.0. The van der Waals surface area contributed by atoms with Gasteiger partial charge in [0.1, 0.15) is 11.6 Å². The Bertz CT molecular complexity index is 1010. The SMILES string of the molecule is COc1ccc(-n2ncc3c2NC(=O)CS[C@@H]3c2c(C)nn(C)c2C)cc1. The van der Waals surface area contributed by atoms with Crippen molar-refractivity contribution in [2.75, 3.05) is 18.2 Å². The number of nitrogens with one attached hydrogen (secondary N) is 1. The Balaban J connectivity index is 1.84. The quantitative estimate of drug-likeness (QED) is 0.753. The summed E-state index contributed by atoms with van der Waals surface area (Å²) in [4.78, 5) is 12.4. The molecule has 1 aliphatic heterocycles. The van der Waals surface area contributed by atoms with Gasteiger partial charge in [0.25, 0.3) is 0 Å². The monoisotopic (exact) mass is 383 g/mol. The van der Waals surface area contributed by atoms with Crippen molar-refractivity contribution >= 4 is 23.5 Å². The summed E-state index contributed by atoms with van der Waals surface area (Å²) >= 11 is 1.61. The molecule has 3 aromatic rings. The van der Waals surface area contributed by atoms with Gasteiger partial charge in [-0.1, -0.05) is 0 Å². The molecule has 0 radical (unpaired) electrons. The van der Waals surface area contributed by atoms with Crippen molar-refractivity contribution in [1.29, 1.82) is 0 Å². The summed E-state index contributed by atoms with van der Waals surface area (Å²) in [5.74, 6) is 1.84. The minimum Gasteiger partial charge on any atom is -0.497 e. The van der Waals surface area contributed by atoms with Crippen LogP contribution >= 0.6 is 11.8 Å². The van der Waals surface area contributed by atoms with Gasteiger partial charge in [0, 0.05) is 23.9 Å². The Kier molecular flexibility index (Phi) is 4.43. The number of hydrogen-bond acceptors (Lipinski definition) is 5. The van der Waals surface area contributed by atoms with Gasteiger partial charge in [-0.3, -0.25) is 9.48 Å². The average Bonchev–Trinajstić information content (AvgIpc) is 3.12. The predicted molar refractivity (Wildman–Crippen MR) is 106 cm³/mol. The molecule has 0 aliphatic carbocycles. The lowest BCUT2D eigenvalue weighted by atomic mass is 10.0. The molecule has 0 unspecified atom stereocenters. The number of methoxy groups -OCH3 is 1. The zero-order valence-electron chi connectivity index (χ0n) is 15.7. The molecule has 0 fully saturated rings. The topological polar surface area (TPSA) is 74.0 Å². The zero-order valence-corrected chi connectivity index (χ0v) is 16.5. The second-order valence-electron chi connectivity index (χ2n) is 6.51. The smallest absolute Gasteiger partial charge is 0.235 e. The summed E-state index contributed by atoms with van der Waals surface area (Å²) in [5.41, 5.74) is 5.07. The first-order valence-electron chi connectivity index (χ1n) is 8.63. The number of ether oxygens (including phenoxy) is 1. The first-order valence-corrected chi connectivity index (χ1v) is 9.68. The van der Waals surface area contributed by atoms with Gasteiger partial charge in [0.2, 0.25) is 5.91 Å². The van der Waals surface area contributed by atoms with Gasteiger partial charge in [-0.25, -0.2) is 4.68 Å². The number of anilines is 1. The van der Waals surface area contributed by atoms with Crippen molar-refractivity contribution in [2.24, 2.45) is 7.05 Å². The highest BCUT2D eigenvalue weighted by Gasteiger charge is 2.31. The molecule has 3 heterocycles. The number of aromatic nitrogens is 4. The van der Waals surface area contributed by atoms with Crippen LogP contribution in [0.15, 0.2) is 30.5 Å². The largest absolute Gasteiger partial charge is 0.497 e. The van der Waals surface area contributed by atoms with E-state index in [1.165, 1.54) is 0 Å². The lowest BCUT2D eigenvalue weighted by molar-refractivity contribution is -0.113. The molecule has 2 aromatic heterocycles. The van der Waals surface area contributed by atoms with Crippen molar-refractivity contribution in [1.82, 2.24) is 19.6 Å². The molecule has 1 aliphatic rings. The predicted octanol–water partition coefficient (Wildman–Crippen LogP) is 3.01. The number of fused-ring (bicyclic) bond motifs is 1. The molecule has 27 heavy (non-hydrogen) atoms. The van der Waals surface area contributed by atoms with E-state index in [-0.39, 0.29) is 11.2 Å². The summed E-state index contributed by atoms with van der Waals surface area (Å²) in [6.07, 6.45) is 1.84. The van der Waals surface area contributed by atoms with E-state index in [0.717, 1.165) is 34.0 Å². The fourth-order valence-corrected chi connectivity index (χ4v) is 4.67. The summed E-state index contributed by atoms with van der Waals surface area (Å²) < 4.78 is 8.89. The molecular weight excluding hydrogens is 362 g/mol. The minimum atomic E-state index is -0.0294. The molecule has 140 valence electrons. The average molecular weight is 383 g/mol. The van der Waals surface area contributed by atoms with Gasteiger partial charge in [-0.05, 0) is 38.1 Å². The molecule has 1 aromatic carbocycles. The summed E-state index contributed by atoms with van der Waals surface area (Å²) in [7, 11) is 3.58. The number of rotatable bonds is 3. The summed E-state index contributed by atoms with van der Waals surface area (Å²) in [6.45, 7) is 4.07. The molecule has 4 rings (SSSR count). The van der Waals surface area contributed by atoms with Crippen LogP contribution in [0.2, 0.25) is 0 Å². The van der Waals surface area contributed by atoms with E-state index in [2.05, 4.69) is 22.4 Å². The third-order valence-corrected chi connectivity index (χ3v) is 6.11. The Labute approximate surface area is 161 Å². The number of carbonyl (C=O) groups is 1. The van der Waals surface area contributed by atoms with E-state index < -0.39 is 0 Å². The van der Waals surface area contributed by atoms with Crippen LogP contribution in [0.25, 0.3) is 5.69 Å².